The standard InChI is InChI=1S/C42H54F3N3O10S/c1-25-9-7-8-10-28-21-41(28,38(52)47-59(53,54)40(4)14-15-40)22-34(49)33-19-30(57-36-31-12-11-29(56-6)18-26(31)13-16-46-36)23-48(33)37(51)32(27(17-25)24-55-5)20-35(50)58-39(2,3)42(43,44)45/h8,10-13,16,18,25,27-28,30,32-33H,7,9,14-15,17,19-24H2,1-6H3,(H,47,52)/b10-8-/t25-,27+,28-,30-,32+,33+,41-/m1/s1. The molecular formula is C42H54F3N3O10S. The van der Waals surface area contributed by atoms with Crippen LogP contribution in [0.2, 0.25) is 0 Å². The average Bonchev–Trinajstić information content (AvgIpc) is 4.04. The maximum Gasteiger partial charge on any atom is 0.427 e. The van der Waals surface area contributed by atoms with Crippen LogP contribution in [0.5, 0.6) is 11.6 Å². The normalized spacial score (nSPS) is 29.3. The van der Waals surface area contributed by atoms with Crippen molar-refractivity contribution in [3.63, 3.8) is 0 Å². The lowest BCUT2D eigenvalue weighted by atomic mass is 9.81. The quantitative estimate of drug-likeness (QED) is 0.206. The van der Waals surface area contributed by atoms with E-state index in [0.29, 0.717) is 43.2 Å². The SMILES string of the molecule is COC[C@@H]1C[C@H](C)CC/C=C\[C@@H]2C[C@@]2(C(=O)NS(=O)(=O)C2(C)CC2)CC(=O)[C@@H]2C[C@@H](Oc3nccc4cc(OC)ccc34)CN2C(=O)[C@H]1CC(=O)OC(C)(C)C(F)(F)F. The van der Waals surface area contributed by atoms with Crippen LogP contribution in [0.25, 0.3) is 10.8 Å². The number of halogens is 3. The monoisotopic (exact) mass is 849 g/mol. The van der Waals surface area contributed by atoms with Crippen LogP contribution in [-0.2, 0) is 38.7 Å². The van der Waals surface area contributed by atoms with Gasteiger partial charge in [-0.1, -0.05) is 19.1 Å². The molecule has 2 aliphatic heterocycles. The number of nitrogens with zero attached hydrogens (tertiary/aromatic N) is 2. The number of benzene rings is 1. The van der Waals surface area contributed by atoms with Gasteiger partial charge >= 0.3 is 12.1 Å². The first-order chi connectivity index (χ1) is 27.6. The van der Waals surface area contributed by atoms with Gasteiger partial charge in [-0.25, -0.2) is 13.4 Å². The van der Waals surface area contributed by atoms with E-state index in [0.717, 1.165) is 19.2 Å². The summed E-state index contributed by atoms with van der Waals surface area (Å²) in [7, 11) is -1.08. The number of fused-ring (bicyclic) bond motifs is 3. The molecule has 1 saturated heterocycles. The molecule has 17 heteroatoms. The van der Waals surface area contributed by atoms with Crippen molar-refractivity contribution in [1.29, 1.82) is 0 Å². The Hall–Kier alpha value is -4.25. The molecule has 3 fully saturated rings. The highest BCUT2D eigenvalue weighted by Gasteiger charge is 2.63. The number of alkyl halides is 3. The first-order valence-corrected chi connectivity index (χ1v) is 21.6. The van der Waals surface area contributed by atoms with Gasteiger partial charge in [0.05, 0.1) is 42.2 Å². The zero-order valence-electron chi connectivity index (χ0n) is 34.3. The smallest absolute Gasteiger partial charge is 0.427 e. The van der Waals surface area contributed by atoms with E-state index >= 15 is 4.79 Å². The molecule has 0 bridgehead atoms. The van der Waals surface area contributed by atoms with Crippen molar-refractivity contribution in [2.75, 3.05) is 27.4 Å². The number of pyridine rings is 1. The van der Waals surface area contributed by atoms with E-state index in [9.17, 15) is 36.0 Å². The molecule has 7 atom stereocenters. The topological polar surface area (TPSA) is 167 Å². The molecule has 1 N–H and O–H groups in total. The third-order valence-electron chi connectivity index (χ3n) is 12.6. The summed E-state index contributed by atoms with van der Waals surface area (Å²) in [6, 6.07) is 5.86. The average molecular weight is 850 g/mol. The number of rotatable bonds is 11. The van der Waals surface area contributed by atoms with Gasteiger partial charge in [0.25, 0.3) is 0 Å². The molecule has 13 nitrogen and oxygen atoms in total. The number of carbonyl (C=O) groups is 4. The van der Waals surface area contributed by atoms with Crippen molar-refractivity contribution in [2.45, 2.75) is 114 Å². The molecule has 0 radical (unpaired) electrons. The van der Waals surface area contributed by atoms with Crippen molar-refractivity contribution in [1.82, 2.24) is 14.6 Å². The van der Waals surface area contributed by atoms with Crippen LogP contribution >= 0.6 is 0 Å². The molecule has 2 saturated carbocycles. The van der Waals surface area contributed by atoms with Gasteiger partial charge in [-0.2, -0.15) is 13.2 Å². The molecule has 6 rings (SSSR count). The van der Waals surface area contributed by atoms with Crippen LogP contribution in [0.15, 0.2) is 42.6 Å². The molecule has 1 aromatic carbocycles. The minimum Gasteiger partial charge on any atom is -0.497 e. The largest absolute Gasteiger partial charge is 0.497 e. The predicted octanol–water partition coefficient (Wildman–Crippen LogP) is 6.08. The van der Waals surface area contributed by atoms with E-state index < -0.39 is 98.3 Å². The predicted molar refractivity (Wildman–Crippen MR) is 210 cm³/mol. The number of carbonyl (C=O) groups excluding carboxylic acids is 4. The number of ketones is 1. The number of amides is 2. The highest BCUT2D eigenvalue weighted by atomic mass is 32.2. The van der Waals surface area contributed by atoms with E-state index in [2.05, 4.69) is 9.71 Å². The number of hydrogen-bond acceptors (Lipinski definition) is 11. The second kappa shape index (κ2) is 16.7. The fraction of sp³-hybridized carbons (Fsp3) is 0.643. The van der Waals surface area contributed by atoms with Crippen molar-refractivity contribution < 1.29 is 59.7 Å². The second-order valence-electron chi connectivity index (χ2n) is 17.5. The van der Waals surface area contributed by atoms with Crippen LogP contribution in [0, 0.1) is 29.1 Å². The third-order valence-corrected chi connectivity index (χ3v) is 14.8. The van der Waals surface area contributed by atoms with Crippen molar-refractivity contribution in [3.05, 3.63) is 42.6 Å². The first-order valence-electron chi connectivity index (χ1n) is 20.1. The second-order valence-corrected chi connectivity index (χ2v) is 19.7. The van der Waals surface area contributed by atoms with Crippen LogP contribution in [0.3, 0.4) is 0 Å². The Morgan fingerprint density at radius 3 is 2.47 bits per heavy atom. The van der Waals surface area contributed by atoms with Crippen molar-refractivity contribution in [2.24, 2.45) is 29.1 Å². The van der Waals surface area contributed by atoms with Gasteiger partial charge in [-0.3, -0.25) is 23.9 Å². The van der Waals surface area contributed by atoms with Crippen LogP contribution < -0.4 is 14.2 Å². The summed E-state index contributed by atoms with van der Waals surface area (Å²) in [6.07, 6.45) is 0.971. The molecule has 2 aliphatic carbocycles. The van der Waals surface area contributed by atoms with E-state index in [-0.39, 0.29) is 37.8 Å². The van der Waals surface area contributed by atoms with E-state index in [1.165, 1.54) is 19.1 Å². The lowest BCUT2D eigenvalue weighted by molar-refractivity contribution is -0.257. The maximum absolute atomic E-state index is 15.0. The number of aromatic nitrogens is 1. The Bertz CT molecular complexity index is 2090. The summed E-state index contributed by atoms with van der Waals surface area (Å²) in [4.78, 5) is 62.9. The van der Waals surface area contributed by atoms with Gasteiger partial charge in [0, 0.05) is 38.1 Å². The van der Waals surface area contributed by atoms with Crippen molar-refractivity contribution >= 4 is 44.4 Å². The van der Waals surface area contributed by atoms with Crippen LogP contribution in [-0.4, -0.2) is 97.9 Å². The number of Topliss-reactive ketones (excluding diaryl/α,β-unsaturated/α-hetero) is 1. The Morgan fingerprint density at radius 2 is 1.81 bits per heavy atom. The number of nitrogens with one attached hydrogen (secondary N) is 1. The third kappa shape index (κ3) is 9.40. The molecule has 0 spiro atoms. The zero-order chi connectivity index (χ0) is 43.1. The molecule has 4 aliphatic rings. The summed E-state index contributed by atoms with van der Waals surface area (Å²) in [5.74, 6) is -4.81. The van der Waals surface area contributed by atoms with E-state index in [1.54, 1.807) is 37.4 Å². The highest BCUT2D eigenvalue weighted by molar-refractivity contribution is 7.91. The van der Waals surface area contributed by atoms with Gasteiger partial charge in [-0.05, 0) is 107 Å². The van der Waals surface area contributed by atoms with Crippen molar-refractivity contribution in [3.8, 4) is 11.6 Å². The maximum atomic E-state index is 15.0. The number of sulfonamides is 1. The van der Waals surface area contributed by atoms with Crippen LogP contribution in [0.4, 0.5) is 13.2 Å². The Morgan fingerprint density at radius 1 is 1.08 bits per heavy atom. The number of allylic oxidation sites excluding steroid dienone is 2. The zero-order valence-corrected chi connectivity index (χ0v) is 35.1. The van der Waals surface area contributed by atoms with Gasteiger partial charge in [0.2, 0.25) is 33.3 Å². The van der Waals surface area contributed by atoms with Gasteiger partial charge in [0.15, 0.2) is 5.78 Å². The van der Waals surface area contributed by atoms with E-state index in [1.807, 2.05) is 19.1 Å². The molecule has 2 aromatic rings. The van der Waals surface area contributed by atoms with Gasteiger partial charge in [0.1, 0.15) is 11.9 Å². The summed E-state index contributed by atoms with van der Waals surface area (Å²) >= 11 is 0. The highest BCUT2D eigenvalue weighted by Crippen LogP contribution is 2.58. The lowest BCUT2D eigenvalue weighted by Crippen LogP contribution is -2.49. The van der Waals surface area contributed by atoms with Gasteiger partial charge < -0.3 is 23.8 Å². The minimum atomic E-state index is -4.89. The molecule has 59 heavy (non-hydrogen) atoms. The lowest BCUT2D eigenvalue weighted by Gasteiger charge is -2.34. The number of methoxy groups -OCH3 is 2. The summed E-state index contributed by atoms with van der Waals surface area (Å²) in [5, 5.41) is 1.38. The molecule has 1 aromatic heterocycles. The number of esters is 1. The summed E-state index contributed by atoms with van der Waals surface area (Å²) < 4.78 is 91.5. The number of ether oxygens (including phenoxy) is 4. The molecule has 2 amide bonds. The Labute approximate surface area is 342 Å². The minimum absolute atomic E-state index is 0.0128. The number of hydrogen-bond donors (Lipinski definition) is 1. The first kappa shape index (κ1) is 44.3. The summed E-state index contributed by atoms with van der Waals surface area (Å²) in [5.41, 5.74) is -4.24. The van der Waals surface area contributed by atoms with Gasteiger partial charge in [-0.15, -0.1) is 0 Å². The molecular weight excluding hydrogens is 796 g/mol. The fourth-order valence-electron chi connectivity index (χ4n) is 8.36. The van der Waals surface area contributed by atoms with E-state index in [4.69, 9.17) is 18.9 Å². The summed E-state index contributed by atoms with van der Waals surface area (Å²) in [6.45, 7) is 4.80. The molecule has 0 unspecified atom stereocenters. The Kier molecular flexibility index (Phi) is 12.5. The fourth-order valence-corrected chi connectivity index (χ4v) is 9.69. The Balaban J connectivity index is 1.38. The molecule has 324 valence electrons. The van der Waals surface area contributed by atoms with Crippen LogP contribution in [0.1, 0.15) is 85.5 Å². The molecule has 3 heterocycles.